The first-order valence-electron chi connectivity index (χ1n) is 4.57. The SMILES string of the molecule is C=CCCCCC1(C=C)CC1. The third-order valence-corrected chi connectivity index (χ3v) is 2.66. The molecule has 0 saturated heterocycles. The highest BCUT2D eigenvalue weighted by Gasteiger charge is 2.38. The largest absolute Gasteiger partial charge is 0.103 e. The summed E-state index contributed by atoms with van der Waals surface area (Å²) in [4.78, 5) is 0. The molecule has 0 aromatic carbocycles. The zero-order valence-corrected chi connectivity index (χ0v) is 7.31. The molecule has 1 fully saturated rings. The van der Waals surface area contributed by atoms with Crippen molar-refractivity contribution in [3.63, 3.8) is 0 Å². The van der Waals surface area contributed by atoms with Crippen molar-refractivity contribution in [2.75, 3.05) is 0 Å². The molecule has 62 valence electrons. The Labute approximate surface area is 70.0 Å². The van der Waals surface area contributed by atoms with Gasteiger partial charge in [-0.2, -0.15) is 0 Å². The highest BCUT2D eigenvalue weighted by atomic mass is 14.4. The average Bonchev–Trinajstić information content (AvgIpc) is 2.80. The number of hydrogen-bond donors (Lipinski definition) is 0. The topological polar surface area (TPSA) is 0 Å². The first-order chi connectivity index (χ1) is 5.33. The first-order valence-corrected chi connectivity index (χ1v) is 4.57. The molecule has 0 amide bonds. The quantitative estimate of drug-likeness (QED) is 0.400. The maximum atomic E-state index is 3.87. The predicted molar refractivity (Wildman–Crippen MR) is 50.5 cm³/mol. The molecule has 0 aromatic rings. The summed E-state index contributed by atoms with van der Waals surface area (Å²) in [5.41, 5.74) is 0.571. The van der Waals surface area contributed by atoms with Gasteiger partial charge in [-0.05, 0) is 37.5 Å². The molecule has 1 saturated carbocycles. The molecule has 0 spiro atoms. The van der Waals surface area contributed by atoms with Gasteiger partial charge in [0.25, 0.3) is 0 Å². The predicted octanol–water partition coefficient (Wildman–Crippen LogP) is 3.70. The Bertz CT molecular complexity index is 140. The van der Waals surface area contributed by atoms with Crippen molar-refractivity contribution in [3.05, 3.63) is 25.3 Å². The fourth-order valence-corrected chi connectivity index (χ4v) is 1.48. The highest BCUT2D eigenvalue weighted by Crippen LogP contribution is 2.50. The van der Waals surface area contributed by atoms with Crippen LogP contribution < -0.4 is 0 Å². The molecule has 0 unspecified atom stereocenters. The summed E-state index contributed by atoms with van der Waals surface area (Å²) in [5.74, 6) is 0. The van der Waals surface area contributed by atoms with Crippen LogP contribution in [0.4, 0.5) is 0 Å². The molecule has 0 atom stereocenters. The minimum atomic E-state index is 0.571. The van der Waals surface area contributed by atoms with Gasteiger partial charge >= 0.3 is 0 Å². The summed E-state index contributed by atoms with van der Waals surface area (Å²) in [6.07, 6.45) is 12.1. The Morgan fingerprint density at radius 3 is 2.36 bits per heavy atom. The van der Waals surface area contributed by atoms with Crippen molar-refractivity contribution in [2.45, 2.75) is 38.5 Å². The van der Waals surface area contributed by atoms with Gasteiger partial charge in [0.2, 0.25) is 0 Å². The zero-order valence-electron chi connectivity index (χ0n) is 7.31. The molecule has 0 heteroatoms. The van der Waals surface area contributed by atoms with Crippen LogP contribution in [0.15, 0.2) is 25.3 Å². The Morgan fingerprint density at radius 2 is 1.91 bits per heavy atom. The van der Waals surface area contributed by atoms with Crippen molar-refractivity contribution in [1.82, 2.24) is 0 Å². The molecule has 1 rings (SSSR count). The minimum absolute atomic E-state index is 0.571. The van der Waals surface area contributed by atoms with Gasteiger partial charge in [-0.15, -0.1) is 13.2 Å². The van der Waals surface area contributed by atoms with Gasteiger partial charge in [0.05, 0.1) is 0 Å². The van der Waals surface area contributed by atoms with Gasteiger partial charge in [0.15, 0.2) is 0 Å². The van der Waals surface area contributed by atoms with Gasteiger partial charge in [-0.25, -0.2) is 0 Å². The van der Waals surface area contributed by atoms with E-state index in [9.17, 15) is 0 Å². The van der Waals surface area contributed by atoms with Crippen LogP contribution in [0.25, 0.3) is 0 Å². The van der Waals surface area contributed by atoms with Crippen LogP contribution in [0, 0.1) is 5.41 Å². The molecule has 0 N–H and O–H groups in total. The van der Waals surface area contributed by atoms with Crippen LogP contribution in [0.5, 0.6) is 0 Å². The van der Waals surface area contributed by atoms with Crippen molar-refractivity contribution < 1.29 is 0 Å². The summed E-state index contributed by atoms with van der Waals surface area (Å²) < 4.78 is 0. The van der Waals surface area contributed by atoms with E-state index in [-0.39, 0.29) is 0 Å². The maximum absolute atomic E-state index is 3.87. The Hall–Kier alpha value is -0.520. The smallest absolute Gasteiger partial charge is 0.0120 e. The molecule has 11 heavy (non-hydrogen) atoms. The second kappa shape index (κ2) is 3.75. The monoisotopic (exact) mass is 150 g/mol. The number of allylic oxidation sites excluding steroid dienone is 2. The molecule has 1 aliphatic rings. The third kappa shape index (κ3) is 2.53. The minimum Gasteiger partial charge on any atom is -0.103 e. The van der Waals surface area contributed by atoms with Gasteiger partial charge < -0.3 is 0 Å². The molecular formula is C11H18. The van der Waals surface area contributed by atoms with E-state index < -0.39 is 0 Å². The Balaban J connectivity index is 2.02. The van der Waals surface area contributed by atoms with E-state index in [0.717, 1.165) is 0 Å². The third-order valence-electron chi connectivity index (χ3n) is 2.66. The van der Waals surface area contributed by atoms with Crippen molar-refractivity contribution in [2.24, 2.45) is 5.41 Å². The summed E-state index contributed by atoms with van der Waals surface area (Å²) >= 11 is 0. The zero-order chi connectivity index (χ0) is 8.16. The van der Waals surface area contributed by atoms with Crippen LogP contribution in [0.1, 0.15) is 38.5 Å². The lowest BCUT2D eigenvalue weighted by Crippen LogP contribution is -1.93. The number of unbranched alkanes of at least 4 members (excludes halogenated alkanes) is 2. The standard InChI is InChI=1S/C11H18/c1-3-5-6-7-8-11(4-2)9-10-11/h3-4H,1-2,5-10H2. The molecule has 0 aromatic heterocycles. The van der Waals surface area contributed by atoms with Gasteiger partial charge in [0, 0.05) is 0 Å². The van der Waals surface area contributed by atoms with E-state index in [4.69, 9.17) is 0 Å². The maximum Gasteiger partial charge on any atom is -0.0120 e. The number of rotatable bonds is 6. The average molecular weight is 150 g/mol. The van der Waals surface area contributed by atoms with Gasteiger partial charge in [0.1, 0.15) is 0 Å². The van der Waals surface area contributed by atoms with Crippen LogP contribution in [0.2, 0.25) is 0 Å². The summed E-state index contributed by atoms with van der Waals surface area (Å²) in [5, 5.41) is 0. The summed E-state index contributed by atoms with van der Waals surface area (Å²) in [6.45, 7) is 7.58. The molecule has 0 bridgehead atoms. The van der Waals surface area contributed by atoms with E-state index in [1.54, 1.807) is 0 Å². The summed E-state index contributed by atoms with van der Waals surface area (Å²) in [7, 11) is 0. The Kier molecular flexibility index (Phi) is 2.92. The van der Waals surface area contributed by atoms with Crippen LogP contribution in [-0.2, 0) is 0 Å². The lowest BCUT2D eigenvalue weighted by molar-refractivity contribution is 0.536. The van der Waals surface area contributed by atoms with Crippen molar-refractivity contribution >= 4 is 0 Å². The molecule has 0 radical (unpaired) electrons. The normalized spacial score (nSPS) is 19.3. The van der Waals surface area contributed by atoms with E-state index in [1.807, 2.05) is 6.08 Å². The molecular weight excluding hydrogens is 132 g/mol. The second-order valence-corrected chi connectivity index (χ2v) is 3.60. The van der Waals surface area contributed by atoms with Crippen molar-refractivity contribution in [3.8, 4) is 0 Å². The van der Waals surface area contributed by atoms with E-state index in [2.05, 4.69) is 19.2 Å². The second-order valence-electron chi connectivity index (χ2n) is 3.60. The lowest BCUT2D eigenvalue weighted by Gasteiger charge is -2.07. The van der Waals surface area contributed by atoms with E-state index in [0.29, 0.717) is 5.41 Å². The molecule has 0 aliphatic heterocycles. The van der Waals surface area contributed by atoms with E-state index >= 15 is 0 Å². The van der Waals surface area contributed by atoms with Crippen LogP contribution >= 0.6 is 0 Å². The molecule has 0 heterocycles. The Morgan fingerprint density at radius 1 is 1.18 bits per heavy atom. The molecule has 0 nitrogen and oxygen atoms in total. The van der Waals surface area contributed by atoms with Crippen LogP contribution in [-0.4, -0.2) is 0 Å². The first kappa shape index (κ1) is 8.58. The lowest BCUT2D eigenvalue weighted by atomic mass is 9.99. The summed E-state index contributed by atoms with van der Waals surface area (Å²) in [6, 6.07) is 0. The van der Waals surface area contributed by atoms with Gasteiger partial charge in [-0.1, -0.05) is 18.6 Å². The fraction of sp³-hybridized carbons (Fsp3) is 0.636. The van der Waals surface area contributed by atoms with Crippen LogP contribution in [0.3, 0.4) is 0 Å². The van der Waals surface area contributed by atoms with Crippen molar-refractivity contribution in [1.29, 1.82) is 0 Å². The van der Waals surface area contributed by atoms with Gasteiger partial charge in [-0.3, -0.25) is 0 Å². The molecule has 1 aliphatic carbocycles. The van der Waals surface area contributed by atoms with E-state index in [1.165, 1.54) is 38.5 Å². The number of hydrogen-bond acceptors (Lipinski definition) is 0. The fourth-order valence-electron chi connectivity index (χ4n) is 1.48. The highest BCUT2D eigenvalue weighted by molar-refractivity contribution is 5.05.